The molecule has 0 spiro atoms. The SMILES string of the molecule is CC(C)(C)C1=NC(C(=O)NCc2ccc(F)cc2)C(=O)C(=O)N1CCCNC(=O)Cc1cccs1. The summed E-state index contributed by atoms with van der Waals surface area (Å²) in [6.07, 6.45) is 0.716. The van der Waals surface area contributed by atoms with Crippen LogP contribution in [0.4, 0.5) is 4.39 Å². The van der Waals surface area contributed by atoms with E-state index in [-0.39, 0.29) is 19.0 Å². The average molecular weight is 501 g/mol. The second-order valence-corrected chi connectivity index (χ2v) is 10.3. The summed E-state index contributed by atoms with van der Waals surface area (Å²) in [5, 5.41) is 7.33. The normalized spacial score (nSPS) is 16.2. The van der Waals surface area contributed by atoms with Gasteiger partial charge in [0.2, 0.25) is 5.91 Å². The molecule has 2 heterocycles. The summed E-state index contributed by atoms with van der Waals surface area (Å²) in [4.78, 5) is 57.1. The molecule has 1 unspecified atom stereocenters. The number of Topliss-reactive ketones (excluding diaryl/α,β-unsaturated/α-hetero) is 1. The molecule has 0 saturated heterocycles. The molecule has 3 amide bonds. The average Bonchev–Trinajstić information content (AvgIpc) is 3.31. The van der Waals surface area contributed by atoms with Gasteiger partial charge in [0.1, 0.15) is 11.7 Å². The first-order chi connectivity index (χ1) is 16.6. The Morgan fingerprint density at radius 3 is 2.46 bits per heavy atom. The summed E-state index contributed by atoms with van der Waals surface area (Å²) in [7, 11) is 0. The number of amides is 3. The van der Waals surface area contributed by atoms with E-state index in [9.17, 15) is 23.6 Å². The second kappa shape index (κ2) is 11.4. The van der Waals surface area contributed by atoms with Crippen LogP contribution in [0.15, 0.2) is 46.8 Å². The highest BCUT2D eigenvalue weighted by Crippen LogP contribution is 2.24. The highest BCUT2D eigenvalue weighted by molar-refractivity contribution is 7.10. The predicted molar refractivity (Wildman–Crippen MR) is 131 cm³/mol. The molecule has 3 rings (SSSR count). The number of benzene rings is 1. The second-order valence-electron chi connectivity index (χ2n) is 9.23. The van der Waals surface area contributed by atoms with Crippen molar-refractivity contribution < 1.29 is 23.6 Å². The van der Waals surface area contributed by atoms with Gasteiger partial charge in [-0.2, -0.15) is 0 Å². The number of hydrogen-bond donors (Lipinski definition) is 2. The minimum Gasteiger partial charge on any atom is -0.356 e. The van der Waals surface area contributed by atoms with E-state index in [1.807, 2.05) is 38.3 Å². The van der Waals surface area contributed by atoms with Crippen molar-refractivity contribution in [2.24, 2.45) is 10.4 Å². The Balaban J connectivity index is 1.62. The van der Waals surface area contributed by atoms with E-state index in [0.29, 0.717) is 30.8 Å². The topological polar surface area (TPSA) is 108 Å². The van der Waals surface area contributed by atoms with Crippen LogP contribution in [0.5, 0.6) is 0 Å². The number of nitrogens with one attached hydrogen (secondary N) is 2. The number of hydrogen-bond acceptors (Lipinski definition) is 6. The van der Waals surface area contributed by atoms with Gasteiger partial charge in [-0.1, -0.05) is 39.0 Å². The molecular formula is C25H29FN4O4S. The van der Waals surface area contributed by atoms with Gasteiger partial charge in [-0.25, -0.2) is 9.38 Å². The van der Waals surface area contributed by atoms with E-state index < -0.39 is 34.9 Å². The van der Waals surface area contributed by atoms with Crippen LogP contribution in [-0.2, 0) is 32.1 Å². The lowest BCUT2D eigenvalue weighted by Crippen LogP contribution is -2.57. The summed E-state index contributed by atoms with van der Waals surface area (Å²) in [6.45, 7) is 6.13. The van der Waals surface area contributed by atoms with Gasteiger partial charge in [0.25, 0.3) is 17.6 Å². The first-order valence-corrected chi connectivity index (χ1v) is 12.2. The number of amidine groups is 1. The third-order valence-electron chi connectivity index (χ3n) is 5.31. The molecule has 10 heteroatoms. The summed E-state index contributed by atoms with van der Waals surface area (Å²) in [6, 6.07) is 7.89. The van der Waals surface area contributed by atoms with Crippen LogP contribution in [0.1, 0.15) is 37.6 Å². The molecule has 1 aromatic heterocycles. The molecule has 186 valence electrons. The Kier molecular flexibility index (Phi) is 8.50. The van der Waals surface area contributed by atoms with Gasteiger partial charge in [0.05, 0.1) is 6.42 Å². The van der Waals surface area contributed by atoms with Crippen molar-refractivity contribution in [1.29, 1.82) is 0 Å². The van der Waals surface area contributed by atoms with Gasteiger partial charge in [-0.15, -0.1) is 11.3 Å². The third-order valence-corrected chi connectivity index (χ3v) is 6.18. The van der Waals surface area contributed by atoms with E-state index in [1.54, 1.807) is 0 Å². The first-order valence-electron chi connectivity index (χ1n) is 11.3. The molecule has 0 aliphatic carbocycles. The van der Waals surface area contributed by atoms with Crippen LogP contribution in [-0.4, -0.2) is 53.4 Å². The quantitative estimate of drug-likeness (QED) is 0.313. The number of rotatable bonds is 9. The van der Waals surface area contributed by atoms with Crippen LogP contribution < -0.4 is 10.6 Å². The maximum Gasteiger partial charge on any atom is 0.298 e. The molecular weight excluding hydrogens is 471 g/mol. The lowest BCUT2D eigenvalue weighted by molar-refractivity contribution is -0.146. The molecule has 0 radical (unpaired) electrons. The lowest BCUT2D eigenvalue weighted by Gasteiger charge is -2.36. The van der Waals surface area contributed by atoms with E-state index in [1.165, 1.54) is 40.5 Å². The molecule has 2 aromatic rings. The zero-order valence-corrected chi connectivity index (χ0v) is 20.8. The molecule has 1 aromatic carbocycles. The van der Waals surface area contributed by atoms with Crippen molar-refractivity contribution in [2.75, 3.05) is 13.1 Å². The number of thiophene rings is 1. The number of aliphatic imine (C=N–C) groups is 1. The fourth-order valence-corrected chi connectivity index (χ4v) is 4.27. The smallest absolute Gasteiger partial charge is 0.298 e. The van der Waals surface area contributed by atoms with Crippen molar-refractivity contribution in [3.63, 3.8) is 0 Å². The Morgan fingerprint density at radius 2 is 1.83 bits per heavy atom. The third kappa shape index (κ3) is 7.05. The van der Waals surface area contributed by atoms with E-state index >= 15 is 0 Å². The fourth-order valence-electron chi connectivity index (χ4n) is 3.57. The van der Waals surface area contributed by atoms with Gasteiger partial charge in [-0.05, 0) is 35.6 Å². The molecule has 1 atom stereocenters. The van der Waals surface area contributed by atoms with Crippen LogP contribution in [0.25, 0.3) is 0 Å². The standard InChI is InChI=1S/C25H29FN4O4S/c1-25(2,3)24-29-20(22(33)28-15-16-7-9-17(26)10-8-16)21(32)23(34)30(24)12-5-11-27-19(31)14-18-6-4-13-35-18/h4,6-10,13,20H,5,11-12,14-15H2,1-3H3,(H,27,31)(H,28,33). The van der Waals surface area contributed by atoms with Crippen LogP contribution in [0, 0.1) is 11.2 Å². The number of carbonyl (C=O) groups excluding carboxylic acids is 4. The maximum absolute atomic E-state index is 13.1. The monoisotopic (exact) mass is 500 g/mol. The Hall–Kier alpha value is -3.40. The van der Waals surface area contributed by atoms with E-state index in [0.717, 1.165) is 4.88 Å². The summed E-state index contributed by atoms with van der Waals surface area (Å²) in [5.41, 5.74) is 0.0472. The lowest BCUT2D eigenvalue weighted by atomic mass is 9.91. The molecule has 8 nitrogen and oxygen atoms in total. The minimum atomic E-state index is -1.47. The van der Waals surface area contributed by atoms with Gasteiger partial charge in [0.15, 0.2) is 6.04 Å². The predicted octanol–water partition coefficient (Wildman–Crippen LogP) is 2.48. The Morgan fingerprint density at radius 1 is 1.11 bits per heavy atom. The van der Waals surface area contributed by atoms with Crippen molar-refractivity contribution in [1.82, 2.24) is 15.5 Å². The minimum absolute atomic E-state index is 0.0757. The highest BCUT2D eigenvalue weighted by atomic mass is 32.1. The summed E-state index contributed by atoms with van der Waals surface area (Å²) in [5.74, 6) is -2.55. The number of ketones is 1. The molecule has 0 fully saturated rings. The van der Waals surface area contributed by atoms with Gasteiger partial charge < -0.3 is 10.6 Å². The van der Waals surface area contributed by atoms with Crippen molar-refractivity contribution in [2.45, 2.75) is 46.2 Å². The highest BCUT2D eigenvalue weighted by Gasteiger charge is 2.43. The Labute approximate surface area is 207 Å². The van der Waals surface area contributed by atoms with Gasteiger partial charge in [-0.3, -0.25) is 24.1 Å². The van der Waals surface area contributed by atoms with Crippen molar-refractivity contribution in [3.05, 3.63) is 58.0 Å². The summed E-state index contributed by atoms with van der Waals surface area (Å²) < 4.78 is 13.1. The zero-order valence-electron chi connectivity index (χ0n) is 20.0. The van der Waals surface area contributed by atoms with E-state index in [4.69, 9.17) is 0 Å². The van der Waals surface area contributed by atoms with Crippen LogP contribution in [0.3, 0.4) is 0 Å². The zero-order chi connectivity index (χ0) is 25.6. The molecule has 0 bridgehead atoms. The van der Waals surface area contributed by atoms with E-state index in [2.05, 4.69) is 15.6 Å². The molecule has 1 aliphatic heterocycles. The number of halogens is 1. The largest absolute Gasteiger partial charge is 0.356 e. The molecule has 0 saturated carbocycles. The maximum atomic E-state index is 13.1. The molecule has 2 N–H and O–H groups in total. The van der Waals surface area contributed by atoms with Crippen molar-refractivity contribution >= 4 is 40.7 Å². The van der Waals surface area contributed by atoms with Crippen LogP contribution >= 0.6 is 11.3 Å². The van der Waals surface area contributed by atoms with Crippen LogP contribution in [0.2, 0.25) is 0 Å². The Bertz CT molecular complexity index is 1110. The van der Waals surface area contributed by atoms with Crippen molar-refractivity contribution in [3.8, 4) is 0 Å². The first kappa shape index (κ1) is 26.2. The molecule has 35 heavy (non-hydrogen) atoms. The van der Waals surface area contributed by atoms with Gasteiger partial charge in [0, 0.05) is 29.9 Å². The molecule has 1 aliphatic rings. The fraction of sp³-hybridized carbons (Fsp3) is 0.400. The summed E-state index contributed by atoms with van der Waals surface area (Å²) >= 11 is 1.51. The van der Waals surface area contributed by atoms with Gasteiger partial charge >= 0.3 is 0 Å². The number of nitrogens with zero attached hydrogens (tertiary/aromatic N) is 2. The number of carbonyl (C=O) groups is 4.